The highest BCUT2D eigenvalue weighted by Crippen LogP contribution is 2.47. The van der Waals surface area contributed by atoms with Crippen LogP contribution < -0.4 is 14.7 Å². The van der Waals surface area contributed by atoms with Crippen LogP contribution in [0.5, 0.6) is 0 Å². The summed E-state index contributed by atoms with van der Waals surface area (Å²) in [6.07, 6.45) is 6.56. The van der Waals surface area contributed by atoms with Crippen LogP contribution in [0.25, 0.3) is 175 Å². The van der Waals surface area contributed by atoms with Crippen molar-refractivity contribution in [1.82, 2.24) is 27.4 Å². The Morgan fingerprint density at radius 2 is 0.360 bits per heavy atom. The van der Waals surface area contributed by atoms with Crippen molar-refractivity contribution >= 4 is 192 Å². The molecule has 0 N–H and O–H groups in total. The highest BCUT2D eigenvalue weighted by molar-refractivity contribution is 6.24. The van der Waals surface area contributed by atoms with Crippen LogP contribution in [0.2, 0.25) is 0 Å². The molecule has 0 bridgehead atoms. The fraction of sp³-hybridized carbons (Fsp3) is 0. The maximum absolute atomic E-state index is 2.43. The summed E-state index contributed by atoms with van der Waals surface area (Å²) in [5, 5.41) is 21.0. The fourth-order valence-electron chi connectivity index (χ4n) is 21.3. The van der Waals surface area contributed by atoms with E-state index in [1.807, 2.05) is 0 Å². The van der Waals surface area contributed by atoms with E-state index >= 15 is 0 Å². The number of hydrogen-bond donors (Lipinski definition) is 0. The number of hydrogen-bond acceptors (Lipinski definition) is 3. The SMILES string of the molecule is c1ccc(-n2ccc3ccc4c(c5ccccc5n4-c4ccc(N(c5ccc6ccccc6c5)c5ccc6ccccc6c5)cc4)c32)cc1.c1ccc(-n2ccc3ccc4c(c5ccccc5n4-c4cccc(N(c5ccc6ccccc6c5)c5ccc6ccccc6c5)c4)c32)cc1.c1ccc(N(c2ccccc2)c2ccc(-n3c4ccccc4c4c5c(ccc43)ccn5-c3ccccc3)cc2)cc1. The molecular formula is C130H89N9. The van der Waals surface area contributed by atoms with E-state index in [-0.39, 0.29) is 0 Å². The van der Waals surface area contributed by atoms with Gasteiger partial charge in [0, 0.05) is 152 Å². The van der Waals surface area contributed by atoms with Gasteiger partial charge in [0.25, 0.3) is 0 Å². The van der Waals surface area contributed by atoms with Crippen molar-refractivity contribution in [2.75, 3.05) is 14.7 Å². The van der Waals surface area contributed by atoms with Gasteiger partial charge < -0.3 is 42.1 Å². The number of rotatable bonds is 15. The Hall–Kier alpha value is -18.7. The van der Waals surface area contributed by atoms with Crippen molar-refractivity contribution < 1.29 is 0 Å². The summed E-state index contributed by atoms with van der Waals surface area (Å²) in [6, 6.07) is 188. The van der Waals surface area contributed by atoms with Gasteiger partial charge in [-0.3, -0.25) is 0 Å². The molecule has 0 amide bonds. The smallest absolute Gasteiger partial charge is 0.0628 e. The monoisotopic (exact) mass is 1780 g/mol. The molecule has 28 rings (SSSR count). The van der Waals surface area contributed by atoms with Crippen molar-refractivity contribution in [3.63, 3.8) is 0 Å². The number of anilines is 9. The van der Waals surface area contributed by atoms with Crippen molar-refractivity contribution in [3.05, 3.63) is 540 Å². The average Bonchev–Trinajstić information content (AvgIpc) is 1.57. The Morgan fingerprint density at radius 3 is 0.691 bits per heavy atom. The maximum Gasteiger partial charge on any atom is 0.0628 e. The standard InChI is InChI=1S/2C46H31N3.C38H27N3/c1-2-15-37(16-3-1)47-28-27-34-23-26-44-45(46(34)47)42-19-8-9-20-43(42)49(44)39-18-10-17-38(31-39)48(40-24-21-32-11-4-6-13-35(32)29-40)41-25-22-33-12-5-7-14-36(33)30-41;1-2-14-37(15-3-1)47-29-28-34-20-27-44-45(46(34)47)42-16-8-9-17-43(42)49(44)39-25-23-38(24-26-39)48(40-21-18-32-10-4-6-12-35(32)30-40)41-22-19-33-11-5-7-13-36(33)31-41;1-4-12-29(13-5-1)39-27-26-28-20-25-36-37(38(28)39)34-18-10-11-19-35(34)41(36)33-23-21-32(22-24-33)40(30-14-6-2-7-15-30)31-16-8-3-9-17-31/h2*1-31H;1-27H. The molecule has 654 valence electrons. The van der Waals surface area contributed by atoms with E-state index < -0.39 is 0 Å². The number of benzene rings is 22. The van der Waals surface area contributed by atoms with E-state index in [1.54, 1.807) is 0 Å². The van der Waals surface area contributed by atoms with Crippen LogP contribution in [0.4, 0.5) is 51.2 Å². The lowest BCUT2D eigenvalue weighted by Crippen LogP contribution is -2.10. The summed E-state index contributed by atoms with van der Waals surface area (Å²) in [5.41, 5.74) is 27.8. The Morgan fingerprint density at radius 1 is 0.129 bits per heavy atom. The largest absolute Gasteiger partial charge is 0.316 e. The second-order valence-electron chi connectivity index (χ2n) is 35.7. The third-order valence-electron chi connectivity index (χ3n) is 27.6. The number of nitrogens with zero attached hydrogens (tertiary/aromatic N) is 9. The van der Waals surface area contributed by atoms with Crippen LogP contribution in [0.15, 0.2) is 540 Å². The number of aromatic nitrogens is 6. The zero-order valence-electron chi connectivity index (χ0n) is 75.9. The molecule has 0 atom stereocenters. The molecular weight excluding hydrogens is 1690 g/mol. The molecule has 0 saturated heterocycles. The lowest BCUT2D eigenvalue weighted by molar-refractivity contribution is 1.13. The topological polar surface area (TPSA) is 39.3 Å². The summed E-state index contributed by atoms with van der Waals surface area (Å²) in [7, 11) is 0. The van der Waals surface area contributed by atoms with Crippen molar-refractivity contribution in [2.24, 2.45) is 0 Å². The van der Waals surface area contributed by atoms with E-state index in [9.17, 15) is 0 Å². The Labute approximate surface area is 803 Å². The first-order valence-electron chi connectivity index (χ1n) is 47.5. The molecule has 139 heavy (non-hydrogen) atoms. The predicted molar refractivity (Wildman–Crippen MR) is 587 cm³/mol. The molecule has 0 fully saturated rings. The highest BCUT2D eigenvalue weighted by Gasteiger charge is 2.26. The van der Waals surface area contributed by atoms with Crippen molar-refractivity contribution in [1.29, 1.82) is 0 Å². The summed E-state index contributed by atoms with van der Waals surface area (Å²) < 4.78 is 14.2. The lowest BCUT2D eigenvalue weighted by Gasteiger charge is -2.27. The zero-order valence-corrected chi connectivity index (χ0v) is 75.9. The summed E-state index contributed by atoms with van der Waals surface area (Å²) in [5.74, 6) is 0. The van der Waals surface area contributed by atoms with Gasteiger partial charge in [0.1, 0.15) is 0 Å². The van der Waals surface area contributed by atoms with Crippen LogP contribution in [0.1, 0.15) is 0 Å². The van der Waals surface area contributed by atoms with Gasteiger partial charge in [0.15, 0.2) is 0 Å². The second kappa shape index (κ2) is 34.4. The molecule has 0 spiro atoms. The third kappa shape index (κ3) is 14.3. The minimum atomic E-state index is 1.10. The Kier molecular flexibility index (Phi) is 20.1. The van der Waals surface area contributed by atoms with E-state index in [1.165, 1.54) is 141 Å². The molecule has 0 aliphatic carbocycles. The third-order valence-corrected chi connectivity index (χ3v) is 27.6. The van der Waals surface area contributed by atoms with Gasteiger partial charge in [-0.25, -0.2) is 0 Å². The minimum Gasteiger partial charge on any atom is -0.316 e. The minimum absolute atomic E-state index is 1.10. The quantitative estimate of drug-likeness (QED) is 0.103. The molecule has 0 unspecified atom stereocenters. The molecule has 9 nitrogen and oxygen atoms in total. The van der Waals surface area contributed by atoms with Crippen LogP contribution in [-0.2, 0) is 0 Å². The van der Waals surface area contributed by atoms with Gasteiger partial charge in [-0.05, 0) is 274 Å². The lowest BCUT2D eigenvalue weighted by atomic mass is 10.1. The van der Waals surface area contributed by atoms with Crippen LogP contribution >= 0.6 is 0 Å². The van der Waals surface area contributed by atoms with Crippen LogP contribution in [0.3, 0.4) is 0 Å². The Balaban J connectivity index is 0.000000108. The zero-order chi connectivity index (χ0) is 91.8. The van der Waals surface area contributed by atoms with Gasteiger partial charge in [-0.1, -0.05) is 291 Å². The maximum atomic E-state index is 2.43. The van der Waals surface area contributed by atoms with Crippen molar-refractivity contribution in [2.45, 2.75) is 0 Å². The van der Waals surface area contributed by atoms with E-state index in [0.717, 1.165) is 85.3 Å². The molecule has 0 radical (unpaired) electrons. The van der Waals surface area contributed by atoms with Crippen LogP contribution in [0, 0.1) is 0 Å². The van der Waals surface area contributed by atoms with E-state index in [2.05, 4.69) is 582 Å². The first-order chi connectivity index (χ1) is 69.0. The molecule has 0 aliphatic rings. The second-order valence-corrected chi connectivity index (χ2v) is 35.7. The van der Waals surface area contributed by atoms with E-state index in [0.29, 0.717) is 0 Å². The average molecular weight is 1780 g/mol. The number of fused-ring (bicyclic) bond motifs is 19. The van der Waals surface area contributed by atoms with Crippen LogP contribution in [-0.4, -0.2) is 27.4 Å². The molecule has 22 aromatic carbocycles. The molecule has 6 heterocycles. The van der Waals surface area contributed by atoms with Gasteiger partial charge in [-0.15, -0.1) is 0 Å². The van der Waals surface area contributed by atoms with E-state index in [4.69, 9.17) is 0 Å². The highest BCUT2D eigenvalue weighted by atomic mass is 15.2. The van der Waals surface area contributed by atoms with Gasteiger partial charge in [0.2, 0.25) is 0 Å². The molecule has 9 heteroatoms. The van der Waals surface area contributed by atoms with Gasteiger partial charge in [-0.2, -0.15) is 0 Å². The number of para-hydroxylation sites is 8. The summed E-state index contributed by atoms with van der Waals surface area (Å²) in [4.78, 5) is 7.05. The molecule has 0 saturated carbocycles. The fourth-order valence-corrected chi connectivity index (χ4v) is 21.3. The molecule has 0 aliphatic heterocycles. The predicted octanol–water partition coefficient (Wildman–Crippen LogP) is 35.2. The normalized spacial score (nSPS) is 11.6. The van der Waals surface area contributed by atoms with Gasteiger partial charge >= 0.3 is 0 Å². The molecule has 6 aromatic heterocycles. The van der Waals surface area contributed by atoms with Gasteiger partial charge in [0.05, 0.1) is 49.7 Å². The summed E-state index contributed by atoms with van der Waals surface area (Å²) >= 11 is 0. The Bertz CT molecular complexity index is 9320. The first kappa shape index (κ1) is 81.1. The molecule has 28 aromatic rings. The first-order valence-corrected chi connectivity index (χ1v) is 47.5. The summed E-state index contributed by atoms with van der Waals surface area (Å²) in [6.45, 7) is 0. The van der Waals surface area contributed by atoms with Crippen molar-refractivity contribution in [3.8, 4) is 34.1 Å².